The zero-order chi connectivity index (χ0) is 13.6. The van der Waals surface area contributed by atoms with Crippen LogP contribution < -0.4 is 0 Å². The predicted octanol–water partition coefficient (Wildman–Crippen LogP) is 5.63. The van der Waals surface area contributed by atoms with Crippen LogP contribution >= 0.6 is 7.65 Å². The van der Waals surface area contributed by atoms with Crippen molar-refractivity contribution in [3.8, 4) is 0 Å². The third-order valence-electron chi connectivity index (χ3n) is 3.42. The molecule has 3 aromatic rings. The maximum Gasteiger partial charge on any atom is 0.597 e. The van der Waals surface area contributed by atoms with Gasteiger partial charge < -0.3 is 0 Å². The van der Waals surface area contributed by atoms with Gasteiger partial charge in [-0.25, -0.2) is 4.20 Å². The molecule has 1 unspecified atom stereocenters. The highest BCUT2D eigenvalue weighted by Crippen LogP contribution is 2.37. The van der Waals surface area contributed by atoms with Crippen molar-refractivity contribution in [1.82, 2.24) is 0 Å². The molecule has 0 spiro atoms. The summed E-state index contributed by atoms with van der Waals surface area (Å²) in [5.41, 5.74) is 2.03. The van der Waals surface area contributed by atoms with E-state index in [0.29, 0.717) is 5.58 Å². The first-order valence-corrected chi connectivity index (χ1v) is 7.54. The summed E-state index contributed by atoms with van der Waals surface area (Å²) in [4.78, 5) is 0. The van der Waals surface area contributed by atoms with Crippen molar-refractivity contribution in [1.29, 1.82) is 0 Å². The molecule has 0 saturated heterocycles. The van der Waals surface area contributed by atoms with E-state index in [1.54, 1.807) is 0 Å². The lowest BCUT2D eigenvalue weighted by Crippen LogP contribution is -2.10. The Kier molecular flexibility index (Phi) is 2.72. The molecule has 1 heterocycles. The SMILES string of the molecule is CC(C)(C)c1ccc2c(c1)c1ccccc1o[p+]2=O. The Morgan fingerprint density at radius 3 is 2.47 bits per heavy atom. The average molecular weight is 271 g/mol. The van der Waals surface area contributed by atoms with Gasteiger partial charge in [0, 0.05) is 10.8 Å². The van der Waals surface area contributed by atoms with Gasteiger partial charge in [-0.05, 0) is 33.7 Å². The standard InChI is InChI=1S/C16H16O2P/c1-16(2,3)11-8-9-15-13(10-11)12-6-4-5-7-14(12)18-19(15)17/h4-10H,1-3H3/q+1. The van der Waals surface area contributed by atoms with Crippen molar-refractivity contribution < 1.29 is 8.76 Å². The third kappa shape index (κ3) is 2.06. The van der Waals surface area contributed by atoms with Crippen molar-refractivity contribution in [2.24, 2.45) is 0 Å². The Bertz CT molecular complexity index is 825. The first kappa shape index (κ1) is 12.4. The van der Waals surface area contributed by atoms with Gasteiger partial charge in [0.15, 0.2) is 5.58 Å². The first-order chi connectivity index (χ1) is 8.97. The average Bonchev–Trinajstić information content (AvgIpc) is 2.37. The van der Waals surface area contributed by atoms with Gasteiger partial charge in [0.2, 0.25) is 5.12 Å². The van der Waals surface area contributed by atoms with Gasteiger partial charge in [0.05, 0.1) is 0 Å². The van der Waals surface area contributed by atoms with Crippen LogP contribution in [0.1, 0.15) is 26.3 Å². The van der Waals surface area contributed by atoms with E-state index in [1.807, 2.05) is 36.4 Å². The van der Waals surface area contributed by atoms with Crippen LogP contribution in [-0.2, 0) is 9.98 Å². The maximum atomic E-state index is 12.1. The minimum Gasteiger partial charge on any atom is -0.250 e. The smallest absolute Gasteiger partial charge is 0.250 e. The van der Waals surface area contributed by atoms with Gasteiger partial charge in [-0.3, -0.25) is 0 Å². The molecular weight excluding hydrogens is 255 g/mol. The van der Waals surface area contributed by atoms with E-state index in [0.717, 1.165) is 15.9 Å². The first-order valence-electron chi connectivity index (χ1n) is 6.36. The van der Waals surface area contributed by atoms with Crippen molar-refractivity contribution in [3.63, 3.8) is 0 Å². The van der Waals surface area contributed by atoms with Gasteiger partial charge in [-0.2, -0.15) is 0 Å². The van der Waals surface area contributed by atoms with E-state index in [1.165, 1.54) is 5.56 Å². The van der Waals surface area contributed by atoms with Crippen LogP contribution in [0, 0.1) is 0 Å². The van der Waals surface area contributed by atoms with E-state index < -0.39 is 7.65 Å². The molecule has 0 saturated carbocycles. The molecule has 0 bridgehead atoms. The fraction of sp³-hybridized carbons (Fsp3) is 0.250. The Hall–Kier alpha value is -1.66. The van der Waals surface area contributed by atoms with Gasteiger partial charge in [0.25, 0.3) is 0 Å². The zero-order valence-corrected chi connectivity index (χ0v) is 12.2. The fourth-order valence-electron chi connectivity index (χ4n) is 2.28. The number of rotatable bonds is 0. The second-order valence-corrected chi connectivity index (χ2v) is 7.01. The lowest BCUT2D eigenvalue weighted by molar-refractivity contribution is 0.563. The topological polar surface area (TPSA) is 30.2 Å². The minimum absolute atomic E-state index is 0.0773. The number of fused-ring (bicyclic) bond motifs is 3. The normalized spacial score (nSPS) is 13.1. The molecule has 0 aliphatic carbocycles. The molecule has 3 heteroatoms. The molecule has 3 rings (SSSR count). The largest absolute Gasteiger partial charge is 0.597 e. The molecular formula is C16H16O2P+. The molecule has 19 heavy (non-hydrogen) atoms. The van der Waals surface area contributed by atoms with Crippen LogP contribution in [0.4, 0.5) is 0 Å². The van der Waals surface area contributed by atoms with E-state index in [4.69, 9.17) is 4.20 Å². The lowest BCUT2D eigenvalue weighted by Gasteiger charge is -2.18. The second-order valence-electron chi connectivity index (χ2n) is 5.83. The molecule has 1 aromatic heterocycles. The fourth-order valence-corrected chi connectivity index (χ4v) is 3.30. The molecule has 0 amide bonds. The summed E-state index contributed by atoms with van der Waals surface area (Å²) in [5, 5.41) is 2.86. The number of benzene rings is 2. The van der Waals surface area contributed by atoms with Gasteiger partial charge >= 0.3 is 7.65 Å². The van der Waals surface area contributed by atoms with Crippen molar-refractivity contribution >= 4 is 29.1 Å². The van der Waals surface area contributed by atoms with Crippen molar-refractivity contribution in [2.75, 3.05) is 0 Å². The van der Waals surface area contributed by atoms with Gasteiger partial charge in [-0.1, -0.05) is 45.0 Å². The van der Waals surface area contributed by atoms with Crippen LogP contribution in [0.15, 0.2) is 46.7 Å². The summed E-state index contributed by atoms with van der Waals surface area (Å²) in [7, 11) is -1.79. The van der Waals surface area contributed by atoms with Crippen molar-refractivity contribution in [2.45, 2.75) is 26.2 Å². The van der Waals surface area contributed by atoms with Crippen molar-refractivity contribution in [3.05, 3.63) is 48.0 Å². The van der Waals surface area contributed by atoms with Crippen LogP contribution in [0.25, 0.3) is 21.5 Å². The van der Waals surface area contributed by atoms with E-state index in [9.17, 15) is 4.57 Å². The highest BCUT2D eigenvalue weighted by molar-refractivity contribution is 7.37. The summed E-state index contributed by atoms with van der Waals surface area (Å²) in [5.74, 6) is 0. The quantitative estimate of drug-likeness (QED) is 0.496. The van der Waals surface area contributed by atoms with E-state index in [-0.39, 0.29) is 5.41 Å². The van der Waals surface area contributed by atoms with E-state index in [2.05, 4.69) is 26.8 Å². The monoisotopic (exact) mass is 271 g/mol. The summed E-state index contributed by atoms with van der Waals surface area (Å²) < 4.78 is 17.6. The molecule has 96 valence electrons. The second kappa shape index (κ2) is 4.18. The highest BCUT2D eigenvalue weighted by Gasteiger charge is 2.20. The van der Waals surface area contributed by atoms with Crippen LogP contribution in [0.3, 0.4) is 0 Å². The Morgan fingerprint density at radius 2 is 1.74 bits per heavy atom. The van der Waals surface area contributed by atoms with Gasteiger partial charge in [-0.15, -0.1) is 0 Å². The molecule has 0 aliphatic rings. The van der Waals surface area contributed by atoms with Crippen LogP contribution in [-0.4, -0.2) is 0 Å². The number of hydrogen-bond acceptors (Lipinski definition) is 2. The lowest BCUT2D eigenvalue weighted by atomic mass is 9.86. The molecule has 0 aliphatic heterocycles. The molecule has 2 aromatic carbocycles. The zero-order valence-electron chi connectivity index (χ0n) is 11.3. The summed E-state index contributed by atoms with van der Waals surface area (Å²) >= 11 is 0. The summed E-state index contributed by atoms with van der Waals surface area (Å²) in [6, 6.07) is 13.9. The molecule has 0 fully saturated rings. The Balaban J connectivity index is 2.49. The Labute approximate surface area is 112 Å². The minimum atomic E-state index is -1.79. The van der Waals surface area contributed by atoms with E-state index >= 15 is 0 Å². The Morgan fingerprint density at radius 1 is 1.00 bits per heavy atom. The molecule has 1 atom stereocenters. The molecule has 0 radical (unpaired) electrons. The third-order valence-corrected chi connectivity index (χ3v) is 4.56. The van der Waals surface area contributed by atoms with Crippen LogP contribution in [0.5, 0.6) is 0 Å². The number of para-hydroxylation sites is 1. The predicted molar refractivity (Wildman–Crippen MR) is 80.0 cm³/mol. The van der Waals surface area contributed by atoms with Crippen LogP contribution in [0.2, 0.25) is 0 Å². The highest BCUT2D eigenvalue weighted by atomic mass is 31.1. The molecule has 0 N–H and O–H groups in total. The summed E-state index contributed by atoms with van der Waals surface area (Å²) in [6.07, 6.45) is 0. The van der Waals surface area contributed by atoms with Gasteiger partial charge in [0.1, 0.15) is 0 Å². The summed E-state index contributed by atoms with van der Waals surface area (Å²) in [6.45, 7) is 6.54. The number of hydrogen-bond donors (Lipinski definition) is 0. The molecule has 2 nitrogen and oxygen atoms in total. The maximum absolute atomic E-state index is 12.1.